The second kappa shape index (κ2) is 9.29. The van der Waals surface area contributed by atoms with E-state index in [0.29, 0.717) is 0 Å². The Morgan fingerprint density at radius 2 is 1.04 bits per heavy atom. The second-order valence-corrected chi connectivity index (χ2v) is 15.7. The summed E-state index contributed by atoms with van der Waals surface area (Å²) in [6, 6.07) is 0. The molecule has 0 aromatic rings. The molecule has 142 valence electrons. The third-order valence-corrected chi connectivity index (χ3v) is 9.84. The van der Waals surface area contributed by atoms with Crippen LogP contribution in [-0.2, 0) is 0 Å². The van der Waals surface area contributed by atoms with E-state index < -0.39 is 8.07 Å². The van der Waals surface area contributed by atoms with Crippen molar-refractivity contribution >= 4 is 14.8 Å². The van der Waals surface area contributed by atoms with Gasteiger partial charge in [0.2, 0.25) is 0 Å². The Morgan fingerprint density at radius 3 is 1.44 bits per heavy atom. The predicted molar refractivity (Wildman–Crippen MR) is 117 cm³/mol. The molecule has 0 atom stereocenters. The normalized spacial score (nSPS) is 26.0. The Morgan fingerprint density at radius 1 is 0.640 bits per heavy atom. The smallest absolute Gasteiger partial charge is 0.114 e. The van der Waals surface area contributed by atoms with Crippen molar-refractivity contribution in [2.75, 3.05) is 0 Å². The molecule has 3 aliphatic carbocycles. The van der Waals surface area contributed by atoms with Gasteiger partial charge in [-0.05, 0) is 18.8 Å². The van der Waals surface area contributed by atoms with Crippen LogP contribution < -0.4 is 0 Å². The van der Waals surface area contributed by atoms with Crippen molar-refractivity contribution in [3.63, 3.8) is 0 Å². The highest BCUT2D eigenvalue weighted by atomic mass is 28.3. The fraction of sp³-hybridized carbons (Fsp3) is 0.913. The molecular weight excluding hydrogens is 315 g/mol. The zero-order chi connectivity index (χ0) is 17.7. The summed E-state index contributed by atoms with van der Waals surface area (Å²) in [6.45, 7) is 8.93. The maximum absolute atomic E-state index is 2.90. The molecule has 0 spiro atoms. The minimum Gasteiger partial charge on any atom is -0.114 e. The van der Waals surface area contributed by atoms with Crippen LogP contribution in [0.5, 0.6) is 0 Å². The van der Waals surface area contributed by atoms with Crippen molar-refractivity contribution in [2.45, 2.75) is 128 Å². The molecule has 0 aliphatic heterocycles. The molecule has 3 aliphatic rings. The van der Waals surface area contributed by atoms with Gasteiger partial charge in [0.25, 0.3) is 0 Å². The molecule has 0 saturated heterocycles. The summed E-state index contributed by atoms with van der Waals surface area (Å²) in [4.78, 5) is 0. The Kier molecular flexibility index (Phi) is 7.35. The topological polar surface area (TPSA) is 0 Å². The van der Waals surface area contributed by atoms with Gasteiger partial charge in [-0.2, -0.15) is 0 Å². The van der Waals surface area contributed by atoms with Crippen molar-refractivity contribution in [3.05, 3.63) is 11.2 Å². The van der Waals surface area contributed by atoms with Gasteiger partial charge in [0.15, 0.2) is 6.71 Å². The lowest BCUT2D eigenvalue weighted by atomic mass is 9.30. The molecule has 2 heteroatoms. The Hall–Kier alpha value is 0.0218. The fourth-order valence-electron chi connectivity index (χ4n) is 6.30. The van der Waals surface area contributed by atoms with E-state index in [1.165, 1.54) is 96.3 Å². The molecule has 25 heavy (non-hydrogen) atoms. The molecule has 3 fully saturated rings. The van der Waals surface area contributed by atoms with Gasteiger partial charge in [0.1, 0.15) is 0 Å². The van der Waals surface area contributed by atoms with Crippen LogP contribution >= 0.6 is 0 Å². The molecule has 3 rings (SSSR count). The monoisotopic (exact) mass is 358 g/mol. The highest BCUT2D eigenvalue weighted by Gasteiger charge is 2.41. The van der Waals surface area contributed by atoms with Crippen molar-refractivity contribution in [1.82, 2.24) is 0 Å². The molecule has 0 heterocycles. The van der Waals surface area contributed by atoms with Gasteiger partial charge in [0.05, 0.1) is 8.07 Å². The van der Waals surface area contributed by atoms with Crippen molar-refractivity contribution in [3.8, 4) is 0 Å². The summed E-state index contributed by atoms with van der Waals surface area (Å²) in [7, 11) is -1.24. The zero-order valence-electron chi connectivity index (χ0n) is 17.5. The Labute approximate surface area is 159 Å². The van der Waals surface area contributed by atoms with Crippen LogP contribution in [-0.4, -0.2) is 14.8 Å². The maximum atomic E-state index is 2.90. The second-order valence-electron chi connectivity index (χ2n) is 10.6. The quantitative estimate of drug-likeness (QED) is 0.436. The van der Waals surface area contributed by atoms with E-state index in [0.717, 1.165) is 24.3 Å². The van der Waals surface area contributed by atoms with Gasteiger partial charge < -0.3 is 0 Å². The van der Waals surface area contributed by atoms with Crippen LogP contribution in [0.3, 0.4) is 0 Å². The molecule has 0 aromatic carbocycles. The summed E-state index contributed by atoms with van der Waals surface area (Å²) in [5, 5.41) is 2.03. The van der Waals surface area contributed by atoms with Crippen LogP contribution in [0.2, 0.25) is 31.3 Å². The standard InChI is InChI=1S/C23H43BSi/c1-25(2,3)23(19-20-13-7-4-8-14-20)24(21-15-9-5-10-16-21)22-17-11-6-12-18-22/h19-22H,4-18H2,1-3H3/b23-19-. The number of rotatable bonds is 5. The van der Waals surface area contributed by atoms with Gasteiger partial charge >= 0.3 is 0 Å². The van der Waals surface area contributed by atoms with Crippen molar-refractivity contribution in [1.29, 1.82) is 0 Å². The molecule has 0 N–H and O–H groups in total. The molecule has 0 radical (unpaired) electrons. The summed E-state index contributed by atoms with van der Waals surface area (Å²) in [6.07, 6.45) is 25.5. The average Bonchev–Trinajstić information content (AvgIpc) is 2.63. The van der Waals surface area contributed by atoms with Gasteiger partial charge in [-0.25, -0.2) is 0 Å². The SMILES string of the molecule is C[Si](C)(C)/C(=C\C1CCCCC1)B(C1CCCCC1)C1CCCCC1. The minimum absolute atomic E-state index is 0.921. The largest absolute Gasteiger partial charge is 0.171 e. The van der Waals surface area contributed by atoms with Crippen LogP contribution in [0.15, 0.2) is 11.2 Å². The first-order valence-electron chi connectivity index (χ1n) is 11.8. The summed E-state index contributed by atoms with van der Waals surface area (Å²) in [5.74, 6) is 2.97. The molecule has 0 bridgehead atoms. The Bertz CT molecular complexity index is 400. The maximum Gasteiger partial charge on any atom is 0.171 e. The lowest BCUT2D eigenvalue weighted by molar-refractivity contribution is 0.418. The number of allylic oxidation sites excluding steroid dienone is 1. The van der Waals surface area contributed by atoms with E-state index in [4.69, 9.17) is 0 Å². The predicted octanol–water partition coefficient (Wildman–Crippen LogP) is 8.07. The summed E-state index contributed by atoms with van der Waals surface area (Å²) >= 11 is 0. The van der Waals surface area contributed by atoms with Crippen LogP contribution in [0.4, 0.5) is 0 Å². The van der Waals surface area contributed by atoms with E-state index in [9.17, 15) is 0 Å². The van der Waals surface area contributed by atoms with Gasteiger partial charge in [-0.3, -0.25) is 0 Å². The first-order valence-corrected chi connectivity index (χ1v) is 15.3. The molecule has 0 amide bonds. The minimum atomic E-state index is -1.24. The number of hydrogen-bond donors (Lipinski definition) is 0. The molecular formula is C23H43BSi. The lowest BCUT2D eigenvalue weighted by Gasteiger charge is -2.41. The average molecular weight is 358 g/mol. The van der Waals surface area contributed by atoms with Crippen molar-refractivity contribution in [2.24, 2.45) is 5.92 Å². The third kappa shape index (κ3) is 5.50. The Balaban J connectivity index is 1.88. The van der Waals surface area contributed by atoms with E-state index in [1.807, 2.05) is 5.10 Å². The van der Waals surface area contributed by atoms with Gasteiger partial charge in [-0.1, -0.05) is 121 Å². The van der Waals surface area contributed by atoms with Crippen LogP contribution in [0, 0.1) is 5.92 Å². The van der Waals surface area contributed by atoms with E-state index in [2.05, 4.69) is 25.7 Å². The number of hydrogen-bond acceptors (Lipinski definition) is 0. The van der Waals surface area contributed by atoms with Crippen LogP contribution in [0.25, 0.3) is 0 Å². The van der Waals surface area contributed by atoms with Crippen LogP contribution in [0.1, 0.15) is 96.3 Å². The molecule has 3 saturated carbocycles. The van der Waals surface area contributed by atoms with Crippen molar-refractivity contribution < 1.29 is 0 Å². The highest BCUT2D eigenvalue weighted by Crippen LogP contribution is 2.46. The summed E-state index contributed by atoms with van der Waals surface area (Å²) in [5.41, 5.74) is 0. The molecule has 0 nitrogen and oxygen atoms in total. The van der Waals surface area contributed by atoms with Gasteiger partial charge in [-0.15, -0.1) is 5.10 Å². The highest BCUT2D eigenvalue weighted by molar-refractivity contribution is 6.99. The molecule has 0 unspecified atom stereocenters. The van der Waals surface area contributed by atoms with E-state index in [-0.39, 0.29) is 0 Å². The first kappa shape index (κ1) is 19.8. The lowest BCUT2D eigenvalue weighted by Crippen LogP contribution is -2.42. The fourth-order valence-corrected chi connectivity index (χ4v) is 8.50. The first-order chi connectivity index (χ1) is 12.1. The molecule has 0 aromatic heterocycles. The van der Waals surface area contributed by atoms with E-state index in [1.54, 1.807) is 0 Å². The zero-order valence-corrected chi connectivity index (χ0v) is 18.5. The summed E-state index contributed by atoms with van der Waals surface area (Å²) < 4.78 is 0. The third-order valence-electron chi connectivity index (χ3n) is 7.61. The van der Waals surface area contributed by atoms with E-state index >= 15 is 0 Å². The van der Waals surface area contributed by atoms with Gasteiger partial charge in [0, 0.05) is 0 Å².